The van der Waals surface area contributed by atoms with Gasteiger partial charge in [0.1, 0.15) is 11.9 Å². The molecule has 2 aliphatic heterocycles. The molecule has 2 unspecified atom stereocenters. The maximum absolute atomic E-state index is 6.17. The molecule has 1 aliphatic carbocycles. The number of hydrogen-bond donors (Lipinski definition) is 0. The fourth-order valence-corrected chi connectivity index (χ4v) is 4.25. The zero-order chi connectivity index (χ0) is 14.4. The summed E-state index contributed by atoms with van der Waals surface area (Å²) in [5.74, 6) is 1.84. The number of nitrogens with zero attached hydrogens (tertiary/aromatic N) is 1. The Hall–Kier alpha value is -0.440. The van der Waals surface area contributed by atoms with Gasteiger partial charge in [-0.05, 0) is 56.6 Å². The van der Waals surface area contributed by atoms with Crippen LogP contribution in [0, 0.1) is 5.92 Å². The van der Waals surface area contributed by atoms with Crippen LogP contribution in [0.5, 0.6) is 5.75 Å². The molecule has 2 heterocycles. The molecule has 2 atom stereocenters. The van der Waals surface area contributed by atoms with Crippen molar-refractivity contribution < 1.29 is 4.74 Å². The van der Waals surface area contributed by atoms with Crippen LogP contribution in [0.4, 0.5) is 0 Å². The normalized spacial score (nSPS) is 32.4. The third kappa shape index (κ3) is 3.04. The molecule has 2 saturated heterocycles. The van der Waals surface area contributed by atoms with Crippen LogP contribution < -0.4 is 4.74 Å². The lowest BCUT2D eigenvalue weighted by Gasteiger charge is -2.39. The highest BCUT2D eigenvalue weighted by atomic mass is 35.5. The standard InChI is InChI=1S/C17H21Cl2NO/c18-16-6-5-14(9-17(16)19)21-15-7-12-3-4-13(8-15)20(12)10-11-1-2-11/h5-6,9,11-13,15H,1-4,7-8,10H2. The van der Waals surface area contributed by atoms with Crippen molar-refractivity contribution in [3.05, 3.63) is 28.2 Å². The average Bonchev–Trinajstić information content (AvgIpc) is 3.22. The van der Waals surface area contributed by atoms with E-state index in [-0.39, 0.29) is 0 Å². The molecule has 0 amide bonds. The molecular formula is C17H21Cl2NO. The van der Waals surface area contributed by atoms with E-state index in [9.17, 15) is 0 Å². The van der Waals surface area contributed by atoms with Gasteiger partial charge in [-0.15, -0.1) is 0 Å². The van der Waals surface area contributed by atoms with Crippen molar-refractivity contribution >= 4 is 23.2 Å². The summed E-state index contributed by atoms with van der Waals surface area (Å²) < 4.78 is 6.17. The highest BCUT2D eigenvalue weighted by Gasteiger charge is 2.43. The van der Waals surface area contributed by atoms with E-state index in [2.05, 4.69) is 4.90 Å². The Kier molecular flexibility index (Phi) is 3.81. The van der Waals surface area contributed by atoms with Gasteiger partial charge in [-0.2, -0.15) is 0 Å². The minimum atomic E-state index is 0.329. The van der Waals surface area contributed by atoms with Crippen molar-refractivity contribution in [1.29, 1.82) is 0 Å². The maximum Gasteiger partial charge on any atom is 0.121 e. The second-order valence-electron chi connectivity index (χ2n) is 6.81. The van der Waals surface area contributed by atoms with Crippen LogP contribution >= 0.6 is 23.2 Å². The summed E-state index contributed by atoms with van der Waals surface area (Å²) in [6.45, 7) is 1.33. The Morgan fingerprint density at radius 1 is 1.00 bits per heavy atom. The molecule has 0 aromatic heterocycles. The molecule has 4 heteroatoms. The van der Waals surface area contributed by atoms with Gasteiger partial charge in [-0.25, -0.2) is 0 Å². The summed E-state index contributed by atoms with van der Waals surface area (Å²) in [5.41, 5.74) is 0. The van der Waals surface area contributed by atoms with Crippen molar-refractivity contribution in [3.63, 3.8) is 0 Å². The molecule has 1 aromatic rings. The summed E-state index contributed by atoms with van der Waals surface area (Å²) in [5, 5.41) is 1.16. The molecule has 2 bridgehead atoms. The smallest absolute Gasteiger partial charge is 0.121 e. The van der Waals surface area contributed by atoms with Crippen molar-refractivity contribution in [1.82, 2.24) is 4.90 Å². The molecule has 2 nitrogen and oxygen atoms in total. The molecule has 1 saturated carbocycles. The van der Waals surface area contributed by atoms with E-state index in [4.69, 9.17) is 27.9 Å². The fraction of sp³-hybridized carbons (Fsp3) is 0.647. The van der Waals surface area contributed by atoms with Gasteiger partial charge < -0.3 is 4.74 Å². The molecular weight excluding hydrogens is 305 g/mol. The quantitative estimate of drug-likeness (QED) is 0.790. The number of ether oxygens (including phenoxy) is 1. The van der Waals surface area contributed by atoms with E-state index in [1.54, 1.807) is 0 Å². The van der Waals surface area contributed by atoms with Gasteiger partial charge >= 0.3 is 0 Å². The van der Waals surface area contributed by atoms with Crippen LogP contribution in [0.15, 0.2) is 18.2 Å². The Bertz CT molecular complexity index is 518. The molecule has 3 aliphatic rings. The van der Waals surface area contributed by atoms with Crippen molar-refractivity contribution in [3.8, 4) is 5.75 Å². The Balaban J connectivity index is 1.40. The second-order valence-corrected chi connectivity index (χ2v) is 7.63. The highest BCUT2D eigenvalue weighted by Crippen LogP contribution is 2.41. The first-order valence-electron chi connectivity index (χ1n) is 8.06. The highest BCUT2D eigenvalue weighted by molar-refractivity contribution is 6.42. The van der Waals surface area contributed by atoms with Crippen LogP contribution in [0.2, 0.25) is 10.0 Å². The third-order valence-electron chi connectivity index (χ3n) is 5.20. The zero-order valence-corrected chi connectivity index (χ0v) is 13.6. The van der Waals surface area contributed by atoms with Crippen LogP contribution in [0.25, 0.3) is 0 Å². The summed E-state index contributed by atoms with van der Waals surface area (Å²) in [7, 11) is 0. The molecule has 0 N–H and O–H groups in total. The topological polar surface area (TPSA) is 12.5 Å². The Morgan fingerprint density at radius 3 is 2.33 bits per heavy atom. The predicted octanol–water partition coefficient (Wildman–Crippen LogP) is 4.78. The third-order valence-corrected chi connectivity index (χ3v) is 5.94. The van der Waals surface area contributed by atoms with Crippen LogP contribution in [-0.2, 0) is 0 Å². The number of benzene rings is 1. The molecule has 0 spiro atoms. The Labute approximate surface area is 136 Å². The minimum Gasteiger partial charge on any atom is -0.490 e. The molecule has 3 fully saturated rings. The first-order valence-corrected chi connectivity index (χ1v) is 8.82. The van der Waals surface area contributed by atoms with Gasteiger partial charge in [-0.3, -0.25) is 4.90 Å². The fourth-order valence-electron chi connectivity index (χ4n) is 3.96. The predicted molar refractivity (Wildman–Crippen MR) is 86.4 cm³/mol. The van der Waals surface area contributed by atoms with Gasteiger partial charge in [0.25, 0.3) is 0 Å². The molecule has 114 valence electrons. The van der Waals surface area contributed by atoms with Crippen molar-refractivity contribution in [2.45, 2.75) is 56.7 Å². The molecule has 1 aromatic carbocycles. The van der Waals surface area contributed by atoms with E-state index in [0.29, 0.717) is 16.1 Å². The number of hydrogen-bond acceptors (Lipinski definition) is 2. The van der Waals surface area contributed by atoms with Gasteiger partial charge in [0.15, 0.2) is 0 Å². The second kappa shape index (κ2) is 5.64. The SMILES string of the molecule is Clc1ccc(OC2CC3CCC(C2)N3CC2CC2)cc1Cl. The van der Waals surface area contributed by atoms with Crippen molar-refractivity contribution in [2.75, 3.05) is 6.54 Å². The largest absolute Gasteiger partial charge is 0.490 e. The van der Waals surface area contributed by atoms with Crippen molar-refractivity contribution in [2.24, 2.45) is 5.92 Å². The number of halogens is 2. The Morgan fingerprint density at radius 2 is 1.71 bits per heavy atom. The van der Waals surface area contributed by atoms with E-state index >= 15 is 0 Å². The summed E-state index contributed by atoms with van der Waals surface area (Å²) >= 11 is 12.0. The summed E-state index contributed by atoms with van der Waals surface area (Å²) in [6.07, 6.45) is 8.22. The lowest BCUT2D eigenvalue weighted by molar-refractivity contribution is 0.0466. The molecule has 4 rings (SSSR count). The lowest BCUT2D eigenvalue weighted by atomic mass is 9.99. The summed E-state index contributed by atoms with van der Waals surface area (Å²) in [6, 6.07) is 7.04. The monoisotopic (exact) mass is 325 g/mol. The van der Waals surface area contributed by atoms with E-state index in [1.165, 1.54) is 32.2 Å². The van der Waals surface area contributed by atoms with Gasteiger partial charge in [-0.1, -0.05) is 23.2 Å². The van der Waals surface area contributed by atoms with Crippen LogP contribution in [0.3, 0.4) is 0 Å². The molecule has 0 radical (unpaired) electrons. The number of fused-ring (bicyclic) bond motifs is 2. The van der Waals surface area contributed by atoms with Gasteiger partial charge in [0, 0.05) is 24.7 Å². The average molecular weight is 326 g/mol. The lowest BCUT2D eigenvalue weighted by Crippen LogP contribution is -2.47. The zero-order valence-electron chi connectivity index (χ0n) is 12.1. The number of rotatable bonds is 4. The first kappa shape index (κ1) is 14.2. The van der Waals surface area contributed by atoms with E-state index in [1.807, 2.05) is 18.2 Å². The number of piperidine rings is 1. The minimum absolute atomic E-state index is 0.329. The maximum atomic E-state index is 6.17. The molecule has 21 heavy (non-hydrogen) atoms. The van der Waals surface area contributed by atoms with Crippen LogP contribution in [0.1, 0.15) is 38.5 Å². The van der Waals surface area contributed by atoms with Gasteiger partial charge in [0.05, 0.1) is 10.0 Å². The van der Waals surface area contributed by atoms with Gasteiger partial charge in [0.2, 0.25) is 0 Å². The first-order chi connectivity index (χ1) is 10.2. The van der Waals surface area contributed by atoms with E-state index in [0.717, 1.165) is 36.6 Å². The summed E-state index contributed by atoms with van der Waals surface area (Å²) in [4.78, 5) is 2.77. The van der Waals surface area contributed by atoms with E-state index < -0.39 is 0 Å². The van der Waals surface area contributed by atoms with Crippen LogP contribution in [-0.4, -0.2) is 29.6 Å².